The zero-order chi connectivity index (χ0) is 11.6. The van der Waals surface area contributed by atoms with E-state index in [4.69, 9.17) is 5.11 Å². The van der Waals surface area contributed by atoms with Crippen LogP contribution in [0.5, 0.6) is 0 Å². The monoisotopic (exact) mass is 222 g/mol. The molecule has 0 heterocycles. The number of ketones is 1. The average molecular weight is 222 g/mol. The van der Waals surface area contributed by atoms with E-state index < -0.39 is 36.4 Å². The van der Waals surface area contributed by atoms with Crippen LogP contribution in [0.1, 0.15) is 6.42 Å². The van der Waals surface area contributed by atoms with Crippen LogP contribution < -0.4 is 0 Å². The number of hydrogen-bond acceptors (Lipinski definition) is 2. The SMILES string of the molecule is O=C(C=C(O)C(F)(F)F)CC(F)(F)F. The van der Waals surface area contributed by atoms with Crippen LogP contribution in [0.2, 0.25) is 0 Å². The minimum atomic E-state index is -5.21. The molecule has 0 bridgehead atoms. The van der Waals surface area contributed by atoms with Crippen LogP contribution in [0.4, 0.5) is 26.3 Å². The Morgan fingerprint density at radius 1 is 1.14 bits per heavy atom. The molecule has 0 aromatic rings. The predicted molar refractivity (Wildman–Crippen MR) is 32.4 cm³/mol. The Hall–Kier alpha value is -1.21. The van der Waals surface area contributed by atoms with Gasteiger partial charge in [-0.3, -0.25) is 4.79 Å². The lowest BCUT2D eigenvalue weighted by Gasteiger charge is -2.05. The summed E-state index contributed by atoms with van der Waals surface area (Å²) in [7, 11) is 0. The quantitative estimate of drug-likeness (QED) is 0.442. The molecule has 0 aromatic carbocycles. The van der Waals surface area contributed by atoms with Crippen LogP contribution in [-0.4, -0.2) is 23.2 Å². The van der Waals surface area contributed by atoms with Crippen molar-refractivity contribution in [1.29, 1.82) is 0 Å². The van der Waals surface area contributed by atoms with Crippen LogP contribution in [0.25, 0.3) is 0 Å². The molecule has 8 heteroatoms. The first-order valence-electron chi connectivity index (χ1n) is 3.10. The first-order valence-corrected chi connectivity index (χ1v) is 3.10. The van der Waals surface area contributed by atoms with Crippen LogP contribution in [-0.2, 0) is 4.79 Å². The number of alkyl halides is 6. The van der Waals surface area contributed by atoms with E-state index in [9.17, 15) is 31.1 Å². The standard InChI is InChI=1S/C6H4F6O2/c7-5(8,9)2-3(13)1-4(14)6(10,11)12/h1,14H,2H2. The van der Waals surface area contributed by atoms with Crippen molar-refractivity contribution in [3.8, 4) is 0 Å². The molecule has 1 N–H and O–H groups in total. The van der Waals surface area contributed by atoms with Crippen molar-refractivity contribution < 1.29 is 36.2 Å². The number of carbonyl (C=O) groups is 1. The van der Waals surface area contributed by atoms with Gasteiger partial charge in [-0.15, -0.1) is 0 Å². The Balaban J connectivity index is 4.46. The highest BCUT2D eigenvalue weighted by molar-refractivity contribution is 5.90. The second-order valence-corrected chi connectivity index (χ2v) is 2.29. The fourth-order valence-electron chi connectivity index (χ4n) is 0.483. The zero-order valence-corrected chi connectivity index (χ0v) is 6.41. The summed E-state index contributed by atoms with van der Waals surface area (Å²) in [5, 5.41) is 8.10. The topological polar surface area (TPSA) is 37.3 Å². The molecule has 0 saturated carbocycles. The molecule has 0 atom stereocenters. The molecule has 0 fully saturated rings. The fraction of sp³-hybridized carbons (Fsp3) is 0.500. The maximum absolute atomic E-state index is 11.5. The predicted octanol–water partition coefficient (Wildman–Crippen LogP) is 2.51. The first kappa shape index (κ1) is 12.8. The molecule has 0 spiro atoms. The molecule has 0 aliphatic heterocycles. The number of aliphatic hydroxyl groups excluding tert-OH is 1. The van der Waals surface area contributed by atoms with Crippen molar-refractivity contribution in [3.05, 3.63) is 11.8 Å². The van der Waals surface area contributed by atoms with Crippen molar-refractivity contribution in [1.82, 2.24) is 0 Å². The third kappa shape index (κ3) is 5.44. The van der Waals surface area contributed by atoms with Gasteiger partial charge in [0.05, 0.1) is 0 Å². The molecule has 0 unspecified atom stereocenters. The van der Waals surface area contributed by atoms with E-state index in [1.165, 1.54) is 0 Å². The maximum atomic E-state index is 11.5. The Morgan fingerprint density at radius 2 is 1.57 bits per heavy atom. The lowest BCUT2D eigenvalue weighted by atomic mass is 10.2. The van der Waals surface area contributed by atoms with Crippen molar-refractivity contribution in [3.63, 3.8) is 0 Å². The van der Waals surface area contributed by atoms with Crippen LogP contribution in [0.3, 0.4) is 0 Å². The van der Waals surface area contributed by atoms with Gasteiger partial charge >= 0.3 is 12.4 Å². The number of carbonyl (C=O) groups excluding carboxylic acids is 1. The molecule has 82 valence electrons. The molecule has 2 nitrogen and oxygen atoms in total. The Labute approximate surface area is 73.8 Å². The van der Waals surface area contributed by atoms with E-state index in [0.29, 0.717) is 0 Å². The summed E-state index contributed by atoms with van der Waals surface area (Å²) >= 11 is 0. The molecule has 0 aliphatic carbocycles. The number of rotatable bonds is 2. The zero-order valence-electron chi connectivity index (χ0n) is 6.41. The van der Waals surface area contributed by atoms with Gasteiger partial charge in [-0.1, -0.05) is 0 Å². The lowest BCUT2D eigenvalue weighted by Crippen LogP contribution is -2.17. The Kier molecular flexibility index (Phi) is 3.55. The minimum Gasteiger partial charge on any atom is -0.504 e. The van der Waals surface area contributed by atoms with Gasteiger partial charge in [-0.25, -0.2) is 0 Å². The van der Waals surface area contributed by atoms with Gasteiger partial charge in [0.25, 0.3) is 0 Å². The largest absolute Gasteiger partial charge is 0.504 e. The number of allylic oxidation sites excluding steroid dienone is 2. The first-order chi connectivity index (χ1) is 6.02. The molecule has 0 aliphatic rings. The van der Waals surface area contributed by atoms with E-state index in [-0.39, 0.29) is 0 Å². The van der Waals surface area contributed by atoms with Gasteiger partial charge in [-0.2, -0.15) is 26.3 Å². The summed E-state index contributed by atoms with van der Waals surface area (Å²) in [4.78, 5) is 10.3. The van der Waals surface area contributed by atoms with E-state index >= 15 is 0 Å². The van der Waals surface area contributed by atoms with E-state index in [1.807, 2.05) is 0 Å². The molecule has 0 radical (unpaired) electrons. The van der Waals surface area contributed by atoms with Crippen molar-refractivity contribution >= 4 is 5.78 Å². The van der Waals surface area contributed by atoms with E-state index in [0.717, 1.165) is 0 Å². The number of hydrogen-bond donors (Lipinski definition) is 1. The fourth-order valence-corrected chi connectivity index (χ4v) is 0.483. The van der Waals surface area contributed by atoms with Crippen molar-refractivity contribution in [2.75, 3.05) is 0 Å². The third-order valence-electron chi connectivity index (χ3n) is 0.963. The van der Waals surface area contributed by atoms with Gasteiger partial charge in [-0.05, 0) is 0 Å². The Morgan fingerprint density at radius 3 is 1.86 bits per heavy atom. The lowest BCUT2D eigenvalue weighted by molar-refractivity contribution is -0.150. The highest BCUT2D eigenvalue weighted by Crippen LogP contribution is 2.25. The molecular weight excluding hydrogens is 218 g/mol. The molecule has 0 aromatic heterocycles. The van der Waals surface area contributed by atoms with Gasteiger partial charge in [0.1, 0.15) is 6.42 Å². The molecular formula is C6H4F6O2. The summed E-state index contributed by atoms with van der Waals surface area (Å²) in [5.41, 5.74) is 0. The van der Waals surface area contributed by atoms with Gasteiger partial charge in [0, 0.05) is 6.08 Å². The number of aliphatic hydroxyl groups is 1. The van der Waals surface area contributed by atoms with Gasteiger partial charge < -0.3 is 5.11 Å². The van der Waals surface area contributed by atoms with Crippen LogP contribution in [0.15, 0.2) is 11.8 Å². The highest BCUT2D eigenvalue weighted by atomic mass is 19.4. The van der Waals surface area contributed by atoms with Gasteiger partial charge in [0.15, 0.2) is 5.78 Å². The molecule has 0 rings (SSSR count). The van der Waals surface area contributed by atoms with E-state index in [2.05, 4.69) is 0 Å². The second kappa shape index (κ2) is 3.89. The van der Waals surface area contributed by atoms with Crippen molar-refractivity contribution in [2.24, 2.45) is 0 Å². The minimum absolute atomic E-state index is 0.493. The summed E-state index contributed by atoms with van der Waals surface area (Å²) in [6.45, 7) is 0. The highest BCUT2D eigenvalue weighted by Gasteiger charge is 2.36. The number of halogens is 6. The summed E-state index contributed by atoms with van der Waals surface area (Å²) in [5.74, 6) is -4.20. The van der Waals surface area contributed by atoms with Crippen molar-refractivity contribution in [2.45, 2.75) is 18.8 Å². The van der Waals surface area contributed by atoms with E-state index in [1.54, 1.807) is 0 Å². The Bertz CT molecular complexity index is 248. The summed E-state index contributed by atoms with van der Waals surface area (Å²) in [6, 6.07) is 0. The van der Waals surface area contributed by atoms with Gasteiger partial charge in [0.2, 0.25) is 5.76 Å². The molecule has 0 amide bonds. The second-order valence-electron chi connectivity index (χ2n) is 2.29. The molecule has 0 saturated heterocycles. The normalized spacial score (nSPS) is 14.3. The molecule has 14 heavy (non-hydrogen) atoms. The summed E-state index contributed by atoms with van der Waals surface area (Å²) in [6.07, 6.45) is -12.6. The third-order valence-corrected chi connectivity index (χ3v) is 0.963. The van der Waals surface area contributed by atoms with Crippen LogP contribution in [0, 0.1) is 0 Å². The summed E-state index contributed by atoms with van der Waals surface area (Å²) < 4.78 is 68.8. The maximum Gasteiger partial charge on any atom is 0.448 e. The van der Waals surface area contributed by atoms with Crippen LogP contribution >= 0.6 is 0 Å². The smallest absolute Gasteiger partial charge is 0.448 e. The average Bonchev–Trinajstić information content (AvgIpc) is 1.79.